The first-order valence-corrected chi connectivity index (χ1v) is 6.33. The number of hydrogen-bond donors (Lipinski definition) is 2. The molecule has 100 valence electrons. The average molecular weight is 299 g/mol. The van der Waals surface area contributed by atoms with Gasteiger partial charge in [-0.15, -0.1) is 0 Å². The zero-order valence-corrected chi connectivity index (χ0v) is 11.7. The third-order valence-corrected chi connectivity index (χ3v) is 2.99. The van der Waals surface area contributed by atoms with Gasteiger partial charge < -0.3 is 10.6 Å². The Bertz CT molecular complexity index is 599. The van der Waals surface area contributed by atoms with Crippen molar-refractivity contribution in [3.63, 3.8) is 0 Å². The molecule has 4 nitrogen and oxygen atoms in total. The van der Waals surface area contributed by atoms with Crippen LogP contribution in [0.15, 0.2) is 30.5 Å². The van der Waals surface area contributed by atoms with Crippen LogP contribution in [0.1, 0.15) is 5.56 Å². The quantitative estimate of drug-likeness (QED) is 0.855. The summed E-state index contributed by atoms with van der Waals surface area (Å²) in [6.45, 7) is 0.436. The Morgan fingerprint density at radius 1 is 1.53 bits per heavy atom. The number of benzene rings is 1. The van der Waals surface area contributed by atoms with E-state index in [-0.39, 0.29) is 5.82 Å². The molecule has 1 aromatic heterocycles. The topological polar surface area (TPSA) is 41.9 Å². The molecular formula is C12H12ClFN4S. The summed E-state index contributed by atoms with van der Waals surface area (Å²) in [4.78, 5) is 0. The molecule has 0 spiro atoms. The molecule has 2 N–H and O–H groups in total. The molecule has 0 radical (unpaired) electrons. The van der Waals surface area contributed by atoms with E-state index in [1.54, 1.807) is 24.0 Å². The molecule has 19 heavy (non-hydrogen) atoms. The SMILES string of the molecule is CNC(=S)Nc1nn(Cc2cccc(F)c2)cc1Cl. The highest BCUT2D eigenvalue weighted by molar-refractivity contribution is 7.80. The zero-order valence-electron chi connectivity index (χ0n) is 10.2. The molecule has 7 heteroatoms. The molecule has 0 saturated heterocycles. The smallest absolute Gasteiger partial charge is 0.173 e. The van der Waals surface area contributed by atoms with Gasteiger partial charge in [-0.3, -0.25) is 4.68 Å². The van der Waals surface area contributed by atoms with E-state index in [9.17, 15) is 4.39 Å². The first-order valence-electron chi connectivity index (χ1n) is 5.54. The monoisotopic (exact) mass is 298 g/mol. The van der Waals surface area contributed by atoms with Crippen molar-refractivity contribution in [3.8, 4) is 0 Å². The highest BCUT2D eigenvalue weighted by Crippen LogP contribution is 2.20. The lowest BCUT2D eigenvalue weighted by molar-refractivity contribution is 0.619. The van der Waals surface area contributed by atoms with Gasteiger partial charge in [0.2, 0.25) is 0 Å². The predicted molar refractivity (Wildman–Crippen MR) is 78.0 cm³/mol. The van der Waals surface area contributed by atoms with Crippen LogP contribution in [-0.4, -0.2) is 21.9 Å². The van der Waals surface area contributed by atoms with Crippen LogP contribution in [-0.2, 0) is 6.54 Å². The molecule has 0 bridgehead atoms. The van der Waals surface area contributed by atoms with Gasteiger partial charge in [0, 0.05) is 13.2 Å². The fraction of sp³-hybridized carbons (Fsp3) is 0.167. The molecule has 2 rings (SSSR count). The summed E-state index contributed by atoms with van der Waals surface area (Å²) >= 11 is 11.0. The van der Waals surface area contributed by atoms with Gasteiger partial charge in [-0.05, 0) is 29.9 Å². The minimum atomic E-state index is -0.273. The number of nitrogens with one attached hydrogen (secondary N) is 2. The lowest BCUT2D eigenvalue weighted by Gasteiger charge is -2.04. The number of nitrogens with zero attached hydrogens (tertiary/aromatic N) is 2. The third kappa shape index (κ3) is 3.65. The van der Waals surface area contributed by atoms with Crippen molar-refractivity contribution in [2.24, 2.45) is 0 Å². The largest absolute Gasteiger partial charge is 0.365 e. The van der Waals surface area contributed by atoms with Gasteiger partial charge in [0.25, 0.3) is 0 Å². The molecule has 0 fully saturated rings. The second-order valence-electron chi connectivity index (χ2n) is 3.86. The molecule has 0 amide bonds. The standard InChI is InChI=1S/C12H12ClFN4S/c1-15-12(19)16-11-10(13)7-18(17-11)6-8-3-2-4-9(14)5-8/h2-5,7H,6H2,1H3,(H2,15,16,17,19). The molecule has 1 heterocycles. The minimum absolute atomic E-state index is 0.273. The maximum absolute atomic E-state index is 13.1. The Morgan fingerprint density at radius 2 is 2.32 bits per heavy atom. The number of rotatable bonds is 3. The summed E-state index contributed by atoms with van der Waals surface area (Å²) < 4.78 is 14.7. The summed E-state index contributed by atoms with van der Waals surface area (Å²) in [6, 6.07) is 6.34. The van der Waals surface area contributed by atoms with Gasteiger partial charge in [-0.25, -0.2) is 4.39 Å². The molecule has 1 aromatic carbocycles. The van der Waals surface area contributed by atoms with Gasteiger partial charge in [0.15, 0.2) is 10.9 Å². The molecule has 0 saturated carbocycles. The number of hydrogen-bond acceptors (Lipinski definition) is 2. The second kappa shape index (κ2) is 5.99. The van der Waals surface area contributed by atoms with Crippen LogP contribution in [0.3, 0.4) is 0 Å². The van der Waals surface area contributed by atoms with Crippen molar-refractivity contribution in [1.29, 1.82) is 0 Å². The third-order valence-electron chi connectivity index (χ3n) is 2.41. The van der Waals surface area contributed by atoms with E-state index in [0.29, 0.717) is 22.5 Å². The lowest BCUT2D eigenvalue weighted by atomic mass is 10.2. The van der Waals surface area contributed by atoms with Crippen molar-refractivity contribution in [2.75, 3.05) is 12.4 Å². The van der Waals surface area contributed by atoms with Crippen molar-refractivity contribution < 1.29 is 4.39 Å². The van der Waals surface area contributed by atoms with Crippen LogP contribution < -0.4 is 10.6 Å². The number of thiocarbonyl (C=S) groups is 1. The van der Waals surface area contributed by atoms with Crippen molar-refractivity contribution >= 4 is 34.7 Å². The number of aromatic nitrogens is 2. The predicted octanol–water partition coefficient (Wildman–Crippen LogP) is 2.64. The summed E-state index contributed by atoms with van der Waals surface area (Å²) in [5.41, 5.74) is 0.807. The first kappa shape index (κ1) is 13.8. The maximum atomic E-state index is 13.1. The Kier molecular flexibility index (Phi) is 4.34. The molecular weight excluding hydrogens is 287 g/mol. The Balaban J connectivity index is 2.14. The van der Waals surface area contributed by atoms with E-state index in [0.717, 1.165) is 5.56 Å². The first-order chi connectivity index (χ1) is 9.08. The van der Waals surface area contributed by atoms with Crippen molar-refractivity contribution in [1.82, 2.24) is 15.1 Å². The number of halogens is 2. The van der Waals surface area contributed by atoms with Crippen LogP contribution in [0.25, 0.3) is 0 Å². The number of anilines is 1. The van der Waals surface area contributed by atoms with E-state index in [4.69, 9.17) is 23.8 Å². The fourth-order valence-corrected chi connectivity index (χ4v) is 1.85. The van der Waals surface area contributed by atoms with Gasteiger partial charge in [0.1, 0.15) is 10.8 Å². The van der Waals surface area contributed by atoms with Crippen LogP contribution in [0.2, 0.25) is 5.02 Å². The Morgan fingerprint density at radius 3 is 3.00 bits per heavy atom. The summed E-state index contributed by atoms with van der Waals surface area (Å²) in [5, 5.41) is 10.8. The Labute approximate surface area is 120 Å². The van der Waals surface area contributed by atoms with Gasteiger partial charge in [-0.2, -0.15) is 5.10 Å². The van der Waals surface area contributed by atoms with Crippen molar-refractivity contribution in [3.05, 3.63) is 46.9 Å². The van der Waals surface area contributed by atoms with Gasteiger partial charge in [0.05, 0.1) is 6.54 Å². The summed E-state index contributed by atoms with van der Waals surface area (Å²) in [6.07, 6.45) is 1.66. The maximum Gasteiger partial charge on any atom is 0.173 e. The van der Waals surface area contributed by atoms with Crippen LogP contribution in [0.4, 0.5) is 10.2 Å². The van der Waals surface area contributed by atoms with Crippen LogP contribution >= 0.6 is 23.8 Å². The summed E-state index contributed by atoms with van der Waals surface area (Å²) in [5.74, 6) is 0.197. The normalized spacial score (nSPS) is 10.3. The average Bonchev–Trinajstić information content (AvgIpc) is 2.69. The molecule has 0 unspecified atom stereocenters. The van der Waals surface area contributed by atoms with E-state index < -0.39 is 0 Å². The van der Waals surface area contributed by atoms with Gasteiger partial charge >= 0.3 is 0 Å². The van der Waals surface area contributed by atoms with E-state index >= 15 is 0 Å². The summed E-state index contributed by atoms with van der Waals surface area (Å²) in [7, 11) is 1.70. The molecule has 0 aliphatic heterocycles. The van der Waals surface area contributed by atoms with E-state index in [1.807, 2.05) is 6.07 Å². The molecule has 2 aromatic rings. The molecule has 0 aliphatic carbocycles. The highest BCUT2D eigenvalue weighted by atomic mass is 35.5. The van der Waals surface area contributed by atoms with E-state index in [2.05, 4.69) is 15.7 Å². The van der Waals surface area contributed by atoms with Crippen LogP contribution in [0.5, 0.6) is 0 Å². The minimum Gasteiger partial charge on any atom is -0.365 e. The van der Waals surface area contributed by atoms with Crippen LogP contribution in [0, 0.1) is 5.82 Å². The highest BCUT2D eigenvalue weighted by Gasteiger charge is 2.08. The molecule has 0 aliphatic rings. The second-order valence-corrected chi connectivity index (χ2v) is 4.67. The fourth-order valence-electron chi connectivity index (χ4n) is 1.56. The van der Waals surface area contributed by atoms with E-state index in [1.165, 1.54) is 12.1 Å². The van der Waals surface area contributed by atoms with Gasteiger partial charge in [-0.1, -0.05) is 23.7 Å². The van der Waals surface area contributed by atoms with Crippen molar-refractivity contribution in [2.45, 2.75) is 6.54 Å². The zero-order chi connectivity index (χ0) is 13.8. The molecule has 0 atom stereocenters. The Hall–Kier alpha value is -1.66. The lowest BCUT2D eigenvalue weighted by Crippen LogP contribution is -2.24.